The van der Waals surface area contributed by atoms with E-state index in [1.165, 1.54) is 5.56 Å². The molecule has 3 aromatic rings. The molecule has 1 aromatic carbocycles. The molecule has 0 aliphatic heterocycles. The third-order valence-corrected chi connectivity index (χ3v) is 3.09. The van der Waals surface area contributed by atoms with E-state index in [9.17, 15) is 0 Å². The number of nitrogens with zero attached hydrogens (tertiary/aromatic N) is 3. The number of hydrogen-bond donors (Lipinski definition) is 2. The van der Waals surface area contributed by atoms with Crippen LogP contribution in [-0.4, -0.2) is 20.2 Å². The van der Waals surface area contributed by atoms with Gasteiger partial charge in [0.15, 0.2) is 5.65 Å². The summed E-state index contributed by atoms with van der Waals surface area (Å²) in [6.07, 6.45) is 1.68. The molecule has 0 saturated heterocycles. The molecule has 2 N–H and O–H groups in total. The van der Waals surface area contributed by atoms with Crippen LogP contribution < -0.4 is 5.32 Å². The first-order valence-corrected chi connectivity index (χ1v) is 6.22. The van der Waals surface area contributed by atoms with Gasteiger partial charge >= 0.3 is 0 Å². The van der Waals surface area contributed by atoms with Crippen molar-refractivity contribution >= 4 is 34.1 Å². The van der Waals surface area contributed by atoms with E-state index in [4.69, 9.17) is 11.6 Å². The fourth-order valence-corrected chi connectivity index (χ4v) is 2.15. The second kappa shape index (κ2) is 4.51. The Balaban J connectivity index is 2.07. The zero-order valence-corrected chi connectivity index (χ0v) is 11.3. The summed E-state index contributed by atoms with van der Waals surface area (Å²) >= 11 is 5.90. The largest absolute Gasteiger partial charge is 0.339 e. The van der Waals surface area contributed by atoms with Gasteiger partial charge in [-0.15, -0.1) is 0 Å². The van der Waals surface area contributed by atoms with Crippen LogP contribution in [0.3, 0.4) is 0 Å². The Morgan fingerprint density at radius 2 is 2.05 bits per heavy atom. The van der Waals surface area contributed by atoms with Gasteiger partial charge in [0, 0.05) is 5.69 Å². The van der Waals surface area contributed by atoms with Crippen LogP contribution >= 0.6 is 11.6 Å². The van der Waals surface area contributed by atoms with Crippen molar-refractivity contribution < 1.29 is 0 Å². The van der Waals surface area contributed by atoms with Gasteiger partial charge in [0.1, 0.15) is 5.82 Å². The fraction of sp³-hybridized carbons (Fsp3) is 0.154. The number of rotatable bonds is 2. The summed E-state index contributed by atoms with van der Waals surface area (Å²) in [5.74, 6) is 0.649. The number of anilines is 2. The highest BCUT2D eigenvalue weighted by atomic mass is 35.5. The molecule has 0 amide bonds. The minimum absolute atomic E-state index is 0.184. The summed E-state index contributed by atoms with van der Waals surface area (Å²) in [6.45, 7) is 4.11. The normalized spacial score (nSPS) is 10.9. The van der Waals surface area contributed by atoms with Crippen LogP contribution in [0.1, 0.15) is 11.1 Å². The van der Waals surface area contributed by atoms with Crippen LogP contribution in [0.25, 0.3) is 11.0 Å². The van der Waals surface area contributed by atoms with Crippen LogP contribution in [0, 0.1) is 13.8 Å². The highest BCUT2D eigenvalue weighted by Gasteiger charge is 2.09. The molecule has 0 radical (unpaired) electrons. The predicted octanol–water partition coefficient (Wildman–Crippen LogP) is 3.37. The van der Waals surface area contributed by atoms with E-state index < -0.39 is 0 Å². The third-order valence-electron chi connectivity index (χ3n) is 2.92. The third kappa shape index (κ3) is 2.24. The molecular weight excluding hydrogens is 262 g/mol. The Hall–Kier alpha value is -2.14. The van der Waals surface area contributed by atoms with Crippen LogP contribution in [0.4, 0.5) is 11.5 Å². The maximum atomic E-state index is 5.90. The highest BCUT2D eigenvalue weighted by Crippen LogP contribution is 2.25. The molecule has 6 heteroatoms. The molecule has 3 rings (SSSR count). The smallest absolute Gasteiger partial charge is 0.226 e. The maximum absolute atomic E-state index is 5.90. The zero-order valence-electron chi connectivity index (χ0n) is 10.5. The molecule has 5 nitrogen and oxygen atoms in total. The first-order chi connectivity index (χ1) is 9.13. The van der Waals surface area contributed by atoms with Crippen molar-refractivity contribution in [2.45, 2.75) is 13.8 Å². The number of aromatic amines is 1. The van der Waals surface area contributed by atoms with Crippen LogP contribution in [0.2, 0.25) is 5.28 Å². The summed E-state index contributed by atoms with van der Waals surface area (Å²) < 4.78 is 0. The average Bonchev–Trinajstić information content (AvgIpc) is 2.80. The van der Waals surface area contributed by atoms with Gasteiger partial charge < -0.3 is 5.32 Å². The Morgan fingerprint density at radius 1 is 1.21 bits per heavy atom. The Kier molecular flexibility index (Phi) is 2.83. The zero-order chi connectivity index (χ0) is 13.4. The number of fused-ring (bicyclic) bond motifs is 1. The van der Waals surface area contributed by atoms with Crippen molar-refractivity contribution in [2.75, 3.05) is 5.32 Å². The molecule has 0 bridgehead atoms. The van der Waals surface area contributed by atoms with Crippen LogP contribution in [0.5, 0.6) is 0 Å². The lowest BCUT2D eigenvalue weighted by Crippen LogP contribution is -1.98. The SMILES string of the molecule is Cc1ccc(Nc2nc(Cl)nc3[nH]ncc23)c(C)c1. The minimum Gasteiger partial charge on any atom is -0.339 e. The van der Waals surface area contributed by atoms with E-state index in [2.05, 4.69) is 38.5 Å². The fourth-order valence-electron chi connectivity index (χ4n) is 1.98. The molecule has 0 aliphatic carbocycles. The van der Waals surface area contributed by atoms with E-state index >= 15 is 0 Å². The molecule has 2 aromatic heterocycles. The number of nitrogens with one attached hydrogen (secondary N) is 2. The van der Waals surface area contributed by atoms with E-state index in [0.29, 0.717) is 11.5 Å². The minimum atomic E-state index is 0.184. The number of benzene rings is 1. The summed E-state index contributed by atoms with van der Waals surface area (Å²) in [6, 6.07) is 6.18. The van der Waals surface area contributed by atoms with E-state index in [-0.39, 0.29) is 5.28 Å². The lowest BCUT2D eigenvalue weighted by atomic mass is 10.1. The van der Waals surface area contributed by atoms with E-state index in [1.807, 2.05) is 19.1 Å². The molecular formula is C13H12ClN5. The van der Waals surface area contributed by atoms with Gasteiger partial charge in [-0.05, 0) is 37.1 Å². The first kappa shape index (κ1) is 11.9. The molecule has 0 fully saturated rings. The summed E-state index contributed by atoms with van der Waals surface area (Å²) in [7, 11) is 0. The topological polar surface area (TPSA) is 66.5 Å². The molecule has 96 valence electrons. The standard InChI is InChI=1S/C13H12ClN5/c1-7-3-4-10(8(2)5-7)16-11-9-6-15-19-12(9)18-13(14)17-11/h3-6H,1-2H3,(H2,15,16,17,18,19). The van der Waals surface area contributed by atoms with Gasteiger partial charge in [-0.25, -0.2) is 0 Å². The quantitative estimate of drug-likeness (QED) is 0.703. The number of hydrogen-bond acceptors (Lipinski definition) is 4. The molecule has 0 atom stereocenters. The molecule has 19 heavy (non-hydrogen) atoms. The van der Waals surface area contributed by atoms with E-state index in [1.54, 1.807) is 6.20 Å². The van der Waals surface area contributed by atoms with Crippen molar-refractivity contribution in [3.05, 3.63) is 40.8 Å². The predicted molar refractivity (Wildman–Crippen MR) is 75.9 cm³/mol. The number of H-pyrrole nitrogens is 1. The Bertz CT molecular complexity index is 750. The summed E-state index contributed by atoms with van der Waals surface area (Å²) in [5, 5.41) is 11.0. The number of aryl methyl sites for hydroxylation is 2. The Morgan fingerprint density at radius 3 is 2.84 bits per heavy atom. The summed E-state index contributed by atoms with van der Waals surface area (Å²) in [5.41, 5.74) is 3.97. The molecule has 0 spiro atoms. The average molecular weight is 274 g/mol. The van der Waals surface area contributed by atoms with Crippen molar-refractivity contribution in [1.29, 1.82) is 0 Å². The lowest BCUT2D eigenvalue weighted by molar-refractivity contribution is 1.09. The molecule has 2 heterocycles. The van der Waals surface area contributed by atoms with Gasteiger partial charge in [-0.3, -0.25) is 5.10 Å². The van der Waals surface area contributed by atoms with Gasteiger partial charge in [0.05, 0.1) is 11.6 Å². The first-order valence-electron chi connectivity index (χ1n) is 5.84. The molecule has 0 saturated carbocycles. The Labute approximate surface area is 115 Å². The van der Waals surface area contributed by atoms with Gasteiger partial charge in [-0.1, -0.05) is 17.7 Å². The maximum Gasteiger partial charge on any atom is 0.226 e. The number of aromatic nitrogens is 4. The second-order valence-corrected chi connectivity index (χ2v) is 4.75. The van der Waals surface area contributed by atoms with Crippen LogP contribution in [-0.2, 0) is 0 Å². The van der Waals surface area contributed by atoms with Gasteiger partial charge in [0.2, 0.25) is 5.28 Å². The van der Waals surface area contributed by atoms with Gasteiger partial charge in [0.25, 0.3) is 0 Å². The highest BCUT2D eigenvalue weighted by molar-refractivity contribution is 6.28. The van der Waals surface area contributed by atoms with Gasteiger partial charge in [-0.2, -0.15) is 15.1 Å². The molecule has 0 unspecified atom stereocenters. The molecule has 0 aliphatic rings. The lowest BCUT2D eigenvalue weighted by Gasteiger charge is -2.10. The monoisotopic (exact) mass is 273 g/mol. The van der Waals surface area contributed by atoms with E-state index in [0.717, 1.165) is 16.6 Å². The van der Waals surface area contributed by atoms with Crippen LogP contribution in [0.15, 0.2) is 24.4 Å². The van der Waals surface area contributed by atoms with Crippen molar-refractivity contribution in [3.63, 3.8) is 0 Å². The summed E-state index contributed by atoms with van der Waals surface area (Å²) in [4.78, 5) is 8.29. The van der Waals surface area contributed by atoms with Crippen molar-refractivity contribution in [2.24, 2.45) is 0 Å². The van der Waals surface area contributed by atoms with Crippen molar-refractivity contribution in [3.8, 4) is 0 Å². The second-order valence-electron chi connectivity index (χ2n) is 4.42. The van der Waals surface area contributed by atoms with Crippen molar-refractivity contribution in [1.82, 2.24) is 20.2 Å². The number of halogens is 1.